The van der Waals surface area contributed by atoms with E-state index in [2.05, 4.69) is 17.1 Å². The molecule has 1 saturated heterocycles. The monoisotopic (exact) mass is 298 g/mol. The summed E-state index contributed by atoms with van der Waals surface area (Å²) in [5.41, 5.74) is 0.924. The molecule has 0 radical (unpaired) electrons. The molecule has 1 atom stereocenters. The largest absolute Gasteiger partial charge is 0.482 e. The van der Waals surface area contributed by atoms with E-state index >= 15 is 0 Å². The number of benzene rings is 1. The van der Waals surface area contributed by atoms with E-state index in [1.54, 1.807) is 12.1 Å². The van der Waals surface area contributed by atoms with Gasteiger partial charge < -0.3 is 15.2 Å². The first-order valence-electron chi connectivity index (χ1n) is 6.63. The third-order valence-corrected chi connectivity index (χ3v) is 3.46. The van der Waals surface area contributed by atoms with Gasteiger partial charge in [-0.1, -0.05) is 11.6 Å². The second-order valence-electron chi connectivity index (χ2n) is 5.02. The molecule has 1 heterocycles. The predicted molar refractivity (Wildman–Crippen MR) is 77.3 cm³/mol. The van der Waals surface area contributed by atoms with Gasteiger partial charge in [-0.3, -0.25) is 4.90 Å². The molecule has 1 aromatic carbocycles. The van der Waals surface area contributed by atoms with Gasteiger partial charge in [0.25, 0.3) is 0 Å². The van der Waals surface area contributed by atoms with Crippen LogP contribution in [0.5, 0.6) is 5.75 Å². The summed E-state index contributed by atoms with van der Waals surface area (Å²) in [6.07, 6.45) is 0. The van der Waals surface area contributed by atoms with Gasteiger partial charge >= 0.3 is 5.97 Å². The van der Waals surface area contributed by atoms with Gasteiger partial charge in [0.05, 0.1) is 0 Å². The summed E-state index contributed by atoms with van der Waals surface area (Å²) in [4.78, 5) is 12.9. The van der Waals surface area contributed by atoms with Crippen LogP contribution in [0.2, 0.25) is 5.02 Å². The van der Waals surface area contributed by atoms with E-state index in [0.717, 1.165) is 25.2 Å². The predicted octanol–water partition coefficient (Wildman–Crippen LogP) is 1.60. The van der Waals surface area contributed by atoms with Gasteiger partial charge in [0, 0.05) is 42.8 Å². The first-order chi connectivity index (χ1) is 9.54. The van der Waals surface area contributed by atoms with Gasteiger partial charge in [-0.15, -0.1) is 0 Å². The number of hydrogen-bond donors (Lipinski definition) is 2. The van der Waals surface area contributed by atoms with E-state index in [1.165, 1.54) is 0 Å². The Kier molecular flexibility index (Phi) is 5.23. The lowest BCUT2D eigenvalue weighted by Crippen LogP contribution is -2.48. The molecule has 1 aromatic rings. The third kappa shape index (κ3) is 4.37. The quantitative estimate of drug-likeness (QED) is 0.864. The molecule has 1 aliphatic rings. The van der Waals surface area contributed by atoms with Crippen molar-refractivity contribution in [2.45, 2.75) is 19.5 Å². The van der Waals surface area contributed by atoms with Gasteiger partial charge in [0.2, 0.25) is 0 Å². The second-order valence-corrected chi connectivity index (χ2v) is 5.46. The number of carboxylic acids is 1. The molecule has 2 rings (SSSR count). The van der Waals surface area contributed by atoms with Gasteiger partial charge in [-0.2, -0.15) is 0 Å². The highest BCUT2D eigenvalue weighted by atomic mass is 35.5. The zero-order chi connectivity index (χ0) is 14.5. The van der Waals surface area contributed by atoms with Crippen molar-refractivity contribution in [2.75, 3.05) is 26.2 Å². The molecule has 5 nitrogen and oxygen atoms in total. The fourth-order valence-electron chi connectivity index (χ4n) is 2.35. The molecule has 0 amide bonds. The number of nitrogens with one attached hydrogen (secondary N) is 1. The lowest BCUT2D eigenvalue weighted by Gasteiger charge is -2.32. The number of ether oxygens (including phenoxy) is 1. The van der Waals surface area contributed by atoms with Crippen LogP contribution in [0.25, 0.3) is 0 Å². The molecule has 0 bridgehead atoms. The topological polar surface area (TPSA) is 61.8 Å². The fraction of sp³-hybridized carbons (Fsp3) is 0.500. The Labute approximate surface area is 123 Å². The van der Waals surface area contributed by atoms with Crippen molar-refractivity contribution in [2.24, 2.45) is 0 Å². The number of nitrogens with zero attached hydrogens (tertiary/aromatic N) is 1. The average molecular weight is 299 g/mol. The zero-order valence-corrected chi connectivity index (χ0v) is 12.2. The first-order valence-corrected chi connectivity index (χ1v) is 7.01. The highest BCUT2D eigenvalue weighted by Gasteiger charge is 2.17. The van der Waals surface area contributed by atoms with Crippen LogP contribution in [0.4, 0.5) is 0 Å². The summed E-state index contributed by atoms with van der Waals surface area (Å²) in [6, 6.07) is 5.73. The normalized spacial score (nSPS) is 19.8. The highest BCUT2D eigenvalue weighted by Crippen LogP contribution is 2.24. The molecule has 2 N–H and O–H groups in total. The SMILES string of the molecule is CC1CN(Cc2cc(Cl)ccc2OCC(=O)O)CCN1. The van der Waals surface area contributed by atoms with Crippen LogP contribution < -0.4 is 10.1 Å². The maximum Gasteiger partial charge on any atom is 0.341 e. The molecule has 1 aliphatic heterocycles. The van der Waals surface area contributed by atoms with E-state index in [9.17, 15) is 4.79 Å². The molecular weight excluding hydrogens is 280 g/mol. The number of hydrogen-bond acceptors (Lipinski definition) is 4. The van der Waals surface area contributed by atoms with Crippen molar-refractivity contribution >= 4 is 17.6 Å². The van der Waals surface area contributed by atoms with Gasteiger partial charge in [-0.05, 0) is 25.1 Å². The van der Waals surface area contributed by atoms with Crippen molar-refractivity contribution in [3.63, 3.8) is 0 Å². The lowest BCUT2D eigenvalue weighted by atomic mass is 10.1. The molecule has 1 unspecified atom stereocenters. The molecule has 20 heavy (non-hydrogen) atoms. The number of rotatable bonds is 5. The Morgan fingerprint density at radius 1 is 1.60 bits per heavy atom. The van der Waals surface area contributed by atoms with Crippen LogP contribution in [0, 0.1) is 0 Å². The number of carbonyl (C=O) groups is 1. The Morgan fingerprint density at radius 2 is 2.40 bits per heavy atom. The number of carboxylic acid groups (broad SMARTS) is 1. The van der Waals surface area contributed by atoms with Gasteiger partial charge in [0.1, 0.15) is 5.75 Å². The Morgan fingerprint density at radius 3 is 3.10 bits per heavy atom. The van der Waals surface area contributed by atoms with E-state index in [0.29, 0.717) is 23.4 Å². The van der Waals surface area contributed by atoms with Crippen LogP contribution in [0.15, 0.2) is 18.2 Å². The summed E-state index contributed by atoms with van der Waals surface area (Å²) >= 11 is 6.02. The summed E-state index contributed by atoms with van der Waals surface area (Å²) in [7, 11) is 0. The molecular formula is C14H19ClN2O3. The first kappa shape index (κ1) is 15.1. The van der Waals surface area contributed by atoms with E-state index in [4.69, 9.17) is 21.4 Å². The molecule has 110 valence electrons. The van der Waals surface area contributed by atoms with Crippen molar-refractivity contribution in [1.29, 1.82) is 0 Å². The van der Waals surface area contributed by atoms with Crippen LogP contribution in [0.3, 0.4) is 0 Å². The molecule has 0 aromatic heterocycles. The summed E-state index contributed by atoms with van der Waals surface area (Å²) < 4.78 is 5.32. The number of piperazine rings is 1. The number of aliphatic carboxylic acids is 1. The van der Waals surface area contributed by atoms with Gasteiger partial charge in [0.15, 0.2) is 6.61 Å². The Balaban J connectivity index is 2.07. The van der Waals surface area contributed by atoms with Crippen molar-refractivity contribution < 1.29 is 14.6 Å². The maximum atomic E-state index is 10.6. The lowest BCUT2D eigenvalue weighted by molar-refractivity contribution is -0.139. The fourth-order valence-corrected chi connectivity index (χ4v) is 2.54. The van der Waals surface area contributed by atoms with Crippen LogP contribution in [-0.2, 0) is 11.3 Å². The van der Waals surface area contributed by atoms with Crippen molar-refractivity contribution in [3.8, 4) is 5.75 Å². The maximum absolute atomic E-state index is 10.6. The summed E-state index contributed by atoms with van der Waals surface area (Å²) in [5, 5.41) is 12.7. The van der Waals surface area contributed by atoms with Crippen LogP contribution in [-0.4, -0.2) is 48.3 Å². The minimum atomic E-state index is -0.985. The van der Waals surface area contributed by atoms with E-state index in [1.807, 2.05) is 6.07 Å². The van der Waals surface area contributed by atoms with Gasteiger partial charge in [-0.25, -0.2) is 4.79 Å². The van der Waals surface area contributed by atoms with Crippen molar-refractivity contribution in [1.82, 2.24) is 10.2 Å². The standard InChI is InChI=1S/C14H19ClN2O3/c1-10-7-17(5-4-16-10)8-11-6-12(15)2-3-13(11)20-9-14(18)19/h2-3,6,10,16H,4-5,7-9H2,1H3,(H,18,19). The highest BCUT2D eigenvalue weighted by molar-refractivity contribution is 6.30. The second kappa shape index (κ2) is 6.92. The minimum Gasteiger partial charge on any atom is -0.482 e. The molecule has 0 spiro atoms. The van der Waals surface area contributed by atoms with E-state index < -0.39 is 5.97 Å². The molecule has 0 saturated carbocycles. The summed E-state index contributed by atoms with van der Waals surface area (Å²) in [5.74, 6) is -0.398. The average Bonchev–Trinajstić information content (AvgIpc) is 2.37. The summed E-state index contributed by atoms with van der Waals surface area (Å²) in [6.45, 7) is 5.37. The molecule has 0 aliphatic carbocycles. The third-order valence-electron chi connectivity index (χ3n) is 3.22. The smallest absolute Gasteiger partial charge is 0.341 e. The molecule has 1 fully saturated rings. The Hall–Kier alpha value is -1.30. The van der Waals surface area contributed by atoms with Crippen molar-refractivity contribution in [3.05, 3.63) is 28.8 Å². The Bertz CT molecular complexity index is 481. The van der Waals surface area contributed by atoms with Crippen LogP contribution >= 0.6 is 11.6 Å². The number of halogens is 1. The molecule has 6 heteroatoms. The minimum absolute atomic E-state index is 0.341. The zero-order valence-electron chi connectivity index (χ0n) is 11.4. The van der Waals surface area contributed by atoms with Crippen LogP contribution in [0.1, 0.15) is 12.5 Å². The van der Waals surface area contributed by atoms with E-state index in [-0.39, 0.29) is 6.61 Å².